The van der Waals surface area contributed by atoms with Crippen molar-refractivity contribution in [2.45, 2.75) is 45.7 Å². The van der Waals surface area contributed by atoms with E-state index in [1.807, 2.05) is 0 Å². The zero-order valence-corrected chi connectivity index (χ0v) is 12.2. The highest BCUT2D eigenvalue weighted by molar-refractivity contribution is 5.14. The Morgan fingerprint density at radius 1 is 1.22 bits per heavy atom. The minimum atomic E-state index is 0.662. The van der Waals surface area contributed by atoms with E-state index in [1.54, 1.807) is 0 Å². The lowest BCUT2D eigenvalue weighted by atomic mass is 10.2. The molecule has 0 aliphatic heterocycles. The van der Waals surface area contributed by atoms with Gasteiger partial charge in [-0.2, -0.15) is 0 Å². The summed E-state index contributed by atoms with van der Waals surface area (Å²) in [4.78, 5) is 2.39. The Labute approximate surface area is 112 Å². The maximum Gasteiger partial charge on any atom is 0.0230 e. The van der Waals surface area contributed by atoms with Gasteiger partial charge in [0.2, 0.25) is 0 Å². The highest BCUT2D eigenvalue weighted by Gasteiger charge is 2.01. The zero-order chi connectivity index (χ0) is 13.2. The summed E-state index contributed by atoms with van der Waals surface area (Å²) >= 11 is 0. The van der Waals surface area contributed by atoms with Crippen LogP contribution in [-0.4, -0.2) is 31.1 Å². The highest BCUT2D eigenvalue weighted by Crippen LogP contribution is 2.02. The van der Waals surface area contributed by atoms with Crippen molar-refractivity contribution in [1.29, 1.82) is 0 Å². The maximum absolute atomic E-state index is 3.58. The molecule has 2 nitrogen and oxygen atoms in total. The topological polar surface area (TPSA) is 15.3 Å². The van der Waals surface area contributed by atoms with Gasteiger partial charge in [0.1, 0.15) is 0 Å². The van der Waals surface area contributed by atoms with E-state index in [2.05, 4.69) is 61.4 Å². The molecule has 1 aromatic carbocycles. The smallest absolute Gasteiger partial charge is 0.0230 e. The number of rotatable bonds is 9. The molecule has 0 radical (unpaired) electrons. The van der Waals surface area contributed by atoms with Crippen LogP contribution in [0.5, 0.6) is 0 Å². The van der Waals surface area contributed by atoms with E-state index in [0.717, 1.165) is 19.6 Å². The molecule has 1 unspecified atom stereocenters. The minimum Gasteiger partial charge on any atom is -0.314 e. The van der Waals surface area contributed by atoms with Gasteiger partial charge in [0.25, 0.3) is 0 Å². The van der Waals surface area contributed by atoms with E-state index < -0.39 is 0 Å². The molecule has 102 valence electrons. The summed E-state index contributed by atoms with van der Waals surface area (Å²) in [6, 6.07) is 11.3. The van der Waals surface area contributed by atoms with Crippen molar-refractivity contribution >= 4 is 0 Å². The Balaban J connectivity index is 2.09. The Bertz CT molecular complexity index is 297. The predicted octanol–water partition coefficient (Wildman–Crippen LogP) is 3.29. The van der Waals surface area contributed by atoms with Crippen LogP contribution in [0.25, 0.3) is 0 Å². The van der Waals surface area contributed by atoms with Crippen LogP contribution in [0.15, 0.2) is 30.3 Å². The van der Waals surface area contributed by atoms with Gasteiger partial charge < -0.3 is 10.2 Å². The third-order valence-corrected chi connectivity index (χ3v) is 3.23. The van der Waals surface area contributed by atoms with Crippen LogP contribution in [0.2, 0.25) is 0 Å². The molecule has 18 heavy (non-hydrogen) atoms. The van der Waals surface area contributed by atoms with Crippen molar-refractivity contribution in [3.63, 3.8) is 0 Å². The fourth-order valence-corrected chi connectivity index (χ4v) is 2.21. The van der Waals surface area contributed by atoms with Crippen LogP contribution >= 0.6 is 0 Å². The number of nitrogens with one attached hydrogen (secondary N) is 1. The van der Waals surface area contributed by atoms with Crippen LogP contribution in [0.4, 0.5) is 0 Å². The molecule has 0 saturated heterocycles. The molecule has 1 rings (SSSR count). The average Bonchev–Trinajstić information content (AvgIpc) is 2.36. The third kappa shape index (κ3) is 6.77. The summed E-state index contributed by atoms with van der Waals surface area (Å²) in [6.45, 7) is 7.84. The van der Waals surface area contributed by atoms with Crippen molar-refractivity contribution in [3.8, 4) is 0 Å². The summed E-state index contributed by atoms with van der Waals surface area (Å²) in [5.41, 5.74) is 1.40. The second kappa shape index (κ2) is 9.12. The maximum atomic E-state index is 3.58. The minimum absolute atomic E-state index is 0.662. The van der Waals surface area contributed by atoms with Crippen LogP contribution in [0.3, 0.4) is 0 Å². The largest absolute Gasteiger partial charge is 0.314 e. The molecule has 0 aromatic heterocycles. The lowest BCUT2D eigenvalue weighted by Crippen LogP contribution is -2.29. The molecule has 0 heterocycles. The van der Waals surface area contributed by atoms with Gasteiger partial charge in [-0.25, -0.2) is 0 Å². The van der Waals surface area contributed by atoms with Crippen molar-refractivity contribution in [2.75, 3.05) is 20.1 Å². The van der Waals surface area contributed by atoms with Crippen molar-refractivity contribution in [3.05, 3.63) is 35.9 Å². The number of hydrogen-bond acceptors (Lipinski definition) is 2. The molecule has 1 N–H and O–H groups in total. The van der Waals surface area contributed by atoms with Gasteiger partial charge in [-0.3, -0.25) is 0 Å². The molecular formula is C16H28N2. The first kappa shape index (κ1) is 15.2. The van der Waals surface area contributed by atoms with Gasteiger partial charge >= 0.3 is 0 Å². The van der Waals surface area contributed by atoms with Gasteiger partial charge in [-0.1, -0.05) is 43.7 Å². The first-order chi connectivity index (χ1) is 8.72. The Morgan fingerprint density at radius 3 is 2.61 bits per heavy atom. The Morgan fingerprint density at radius 2 is 1.94 bits per heavy atom. The first-order valence-corrected chi connectivity index (χ1v) is 7.18. The van der Waals surface area contributed by atoms with Crippen LogP contribution in [-0.2, 0) is 6.54 Å². The van der Waals surface area contributed by atoms with Gasteiger partial charge in [0.15, 0.2) is 0 Å². The monoisotopic (exact) mass is 248 g/mol. The summed E-state index contributed by atoms with van der Waals surface area (Å²) in [5.74, 6) is 0. The number of benzene rings is 1. The summed E-state index contributed by atoms with van der Waals surface area (Å²) in [7, 11) is 2.20. The molecule has 0 saturated carbocycles. The lowest BCUT2D eigenvalue weighted by Gasteiger charge is -2.18. The van der Waals surface area contributed by atoms with E-state index in [4.69, 9.17) is 0 Å². The Hall–Kier alpha value is -0.860. The summed E-state index contributed by atoms with van der Waals surface area (Å²) < 4.78 is 0. The normalized spacial score (nSPS) is 12.9. The molecule has 0 fully saturated rings. The summed E-state index contributed by atoms with van der Waals surface area (Å²) in [5, 5.41) is 3.58. The van der Waals surface area contributed by atoms with E-state index in [0.29, 0.717) is 6.04 Å². The molecule has 0 bridgehead atoms. The number of nitrogens with zero attached hydrogens (tertiary/aromatic N) is 1. The third-order valence-electron chi connectivity index (χ3n) is 3.23. The van der Waals surface area contributed by atoms with Gasteiger partial charge in [0, 0.05) is 12.6 Å². The Kier molecular flexibility index (Phi) is 7.70. The zero-order valence-electron chi connectivity index (χ0n) is 12.2. The van der Waals surface area contributed by atoms with E-state index in [-0.39, 0.29) is 0 Å². The average molecular weight is 248 g/mol. The van der Waals surface area contributed by atoms with E-state index in [9.17, 15) is 0 Å². The first-order valence-electron chi connectivity index (χ1n) is 7.18. The molecule has 0 amide bonds. The summed E-state index contributed by atoms with van der Waals surface area (Å²) in [6.07, 6.45) is 3.76. The quantitative estimate of drug-likeness (QED) is 0.675. The molecule has 0 spiro atoms. The lowest BCUT2D eigenvalue weighted by molar-refractivity contribution is 0.316. The van der Waals surface area contributed by atoms with Crippen molar-refractivity contribution < 1.29 is 0 Å². The molecule has 2 heteroatoms. The van der Waals surface area contributed by atoms with E-state index in [1.165, 1.54) is 24.8 Å². The van der Waals surface area contributed by atoms with Crippen LogP contribution < -0.4 is 5.32 Å². The number of hydrogen-bond donors (Lipinski definition) is 1. The SMILES string of the molecule is CCCC(C)NCCCN(C)Cc1ccccc1. The van der Waals surface area contributed by atoms with Crippen molar-refractivity contribution in [2.24, 2.45) is 0 Å². The molecule has 1 aromatic rings. The van der Waals surface area contributed by atoms with Crippen LogP contribution in [0.1, 0.15) is 38.7 Å². The van der Waals surface area contributed by atoms with Crippen molar-refractivity contribution in [1.82, 2.24) is 10.2 Å². The second-order valence-corrected chi connectivity index (χ2v) is 5.22. The van der Waals surface area contributed by atoms with Crippen LogP contribution in [0, 0.1) is 0 Å². The highest BCUT2D eigenvalue weighted by atomic mass is 15.1. The predicted molar refractivity (Wildman–Crippen MR) is 79.8 cm³/mol. The molecule has 1 atom stereocenters. The fourth-order valence-electron chi connectivity index (χ4n) is 2.21. The molecule has 0 aliphatic carbocycles. The van der Waals surface area contributed by atoms with Gasteiger partial charge in [-0.05, 0) is 45.5 Å². The van der Waals surface area contributed by atoms with E-state index >= 15 is 0 Å². The van der Waals surface area contributed by atoms with Gasteiger partial charge in [0.05, 0.1) is 0 Å². The fraction of sp³-hybridized carbons (Fsp3) is 0.625. The molecular weight excluding hydrogens is 220 g/mol. The second-order valence-electron chi connectivity index (χ2n) is 5.22. The molecule has 0 aliphatic rings. The van der Waals surface area contributed by atoms with Gasteiger partial charge in [-0.15, -0.1) is 0 Å². The standard InChI is InChI=1S/C16H28N2/c1-4-9-15(2)17-12-8-13-18(3)14-16-10-6-5-7-11-16/h5-7,10-11,15,17H,4,8-9,12-14H2,1-3H3.